The maximum atomic E-state index is 11.6. The summed E-state index contributed by atoms with van der Waals surface area (Å²) >= 11 is 1.53. The number of para-hydroxylation sites is 1. The molecule has 0 aliphatic rings. The van der Waals surface area contributed by atoms with E-state index in [-0.39, 0.29) is 5.91 Å². The highest BCUT2D eigenvalue weighted by molar-refractivity contribution is 7.22. The number of nitrogens with zero attached hydrogens (tertiary/aromatic N) is 2. The standard InChI is InChI=1S/C25H19N5OS/c1-14-17-9-10-27-21(17)8-7-20(14)30-24-16(12-26)13-28-25-19(24)11-23(32-25)18-5-3-4-6-22(18)29-15(2)31/h3-11,13,27H,1-2H3,(H,28,30)(H,29,31). The van der Waals surface area contributed by atoms with Crippen molar-refractivity contribution in [3.05, 3.63) is 72.1 Å². The summed E-state index contributed by atoms with van der Waals surface area (Å²) in [6.07, 6.45) is 3.53. The van der Waals surface area contributed by atoms with Gasteiger partial charge in [0, 0.05) is 57.4 Å². The molecule has 0 bridgehead atoms. The number of carbonyl (C=O) groups is 1. The SMILES string of the molecule is CC(=O)Nc1ccccc1-c1cc2c(Nc3ccc4[nH]ccc4c3C)c(C#N)cnc2s1. The quantitative estimate of drug-likeness (QED) is 0.306. The molecule has 0 fully saturated rings. The highest BCUT2D eigenvalue weighted by atomic mass is 32.1. The number of carbonyl (C=O) groups excluding carboxylic acids is 1. The third kappa shape index (κ3) is 3.37. The molecule has 5 rings (SSSR count). The average Bonchev–Trinajstić information content (AvgIpc) is 3.43. The number of nitrogens with one attached hydrogen (secondary N) is 3. The van der Waals surface area contributed by atoms with E-state index in [1.165, 1.54) is 18.3 Å². The van der Waals surface area contributed by atoms with E-state index >= 15 is 0 Å². The van der Waals surface area contributed by atoms with Gasteiger partial charge in [0.2, 0.25) is 5.91 Å². The van der Waals surface area contributed by atoms with Crippen LogP contribution in [0.15, 0.2) is 60.9 Å². The molecule has 0 saturated carbocycles. The Morgan fingerprint density at radius 2 is 1.97 bits per heavy atom. The molecule has 0 unspecified atom stereocenters. The van der Waals surface area contributed by atoms with Crippen LogP contribution in [-0.4, -0.2) is 15.9 Å². The number of fused-ring (bicyclic) bond motifs is 2. The fourth-order valence-electron chi connectivity index (χ4n) is 3.89. The van der Waals surface area contributed by atoms with Crippen LogP contribution in [0.4, 0.5) is 17.1 Å². The van der Waals surface area contributed by atoms with Crippen LogP contribution >= 0.6 is 11.3 Å². The van der Waals surface area contributed by atoms with Gasteiger partial charge in [0.25, 0.3) is 0 Å². The second-order valence-corrected chi connectivity index (χ2v) is 8.55. The second-order valence-electron chi connectivity index (χ2n) is 7.52. The van der Waals surface area contributed by atoms with Gasteiger partial charge in [-0.1, -0.05) is 18.2 Å². The van der Waals surface area contributed by atoms with Crippen molar-refractivity contribution >= 4 is 55.4 Å². The maximum absolute atomic E-state index is 11.6. The summed E-state index contributed by atoms with van der Waals surface area (Å²) in [5, 5.41) is 18.1. The summed E-state index contributed by atoms with van der Waals surface area (Å²) in [6.45, 7) is 3.56. The number of thiophene rings is 1. The lowest BCUT2D eigenvalue weighted by atomic mass is 10.1. The van der Waals surface area contributed by atoms with E-state index in [1.807, 2.05) is 54.7 Å². The number of amides is 1. The van der Waals surface area contributed by atoms with Crippen molar-refractivity contribution in [1.29, 1.82) is 5.26 Å². The molecule has 3 N–H and O–H groups in total. The molecule has 32 heavy (non-hydrogen) atoms. The lowest BCUT2D eigenvalue weighted by Crippen LogP contribution is -2.06. The number of benzene rings is 2. The predicted octanol–water partition coefficient (Wildman–Crippen LogP) is 6.33. The van der Waals surface area contributed by atoms with Gasteiger partial charge >= 0.3 is 0 Å². The molecule has 3 heterocycles. The number of anilines is 3. The molecule has 0 radical (unpaired) electrons. The van der Waals surface area contributed by atoms with Gasteiger partial charge in [-0.25, -0.2) is 4.98 Å². The van der Waals surface area contributed by atoms with Gasteiger partial charge in [0.15, 0.2) is 0 Å². The summed E-state index contributed by atoms with van der Waals surface area (Å²) in [5.41, 5.74) is 5.98. The van der Waals surface area contributed by atoms with E-state index in [0.29, 0.717) is 5.56 Å². The van der Waals surface area contributed by atoms with E-state index in [9.17, 15) is 10.1 Å². The van der Waals surface area contributed by atoms with Gasteiger partial charge in [-0.05, 0) is 42.8 Å². The third-order valence-corrected chi connectivity index (χ3v) is 6.53. The zero-order chi connectivity index (χ0) is 22.2. The van der Waals surface area contributed by atoms with Crippen LogP contribution in [0.3, 0.4) is 0 Å². The molecule has 6 nitrogen and oxygen atoms in total. The Kier molecular flexibility index (Phi) is 4.85. The normalized spacial score (nSPS) is 10.9. The molecule has 0 spiro atoms. The zero-order valence-electron chi connectivity index (χ0n) is 17.5. The lowest BCUT2D eigenvalue weighted by Gasteiger charge is -2.13. The minimum absolute atomic E-state index is 0.124. The summed E-state index contributed by atoms with van der Waals surface area (Å²) < 4.78 is 0. The summed E-state index contributed by atoms with van der Waals surface area (Å²) in [4.78, 5) is 21.2. The van der Waals surface area contributed by atoms with Gasteiger partial charge in [-0.2, -0.15) is 5.26 Å². The molecule has 5 aromatic rings. The smallest absolute Gasteiger partial charge is 0.221 e. The molecule has 0 aliphatic carbocycles. The lowest BCUT2D eigenvalue weighted by molar-refractivity contribution is -0.114. The van der Waals surface area contributed by atoms with Crippen molar-refractivity contribution in [1.82, 2.24) is 9.97 Å². The minimum atomic E-state index is -0.124. The van der Waals surface area contributed by atoms with Crippen LogP contribution < -0.4 is 10.6 Å². The number of H-pyrrole nitrogens is 1. The van der Waals surface area contributed by atoms with Crippen molar-refractivity contribution in [2.75, 3.05) is 10.6 Å². The molecular weight excluding hydrogens is 418 g/mol. The van der Waals surface area contributed by atoms with Crippen LogP contribution in [0.25, 0.3) is 31.6 Å². The number of aryl methyl sites for hydroxylation is 1. The summed E-state index contributed by atoms with van der Waals surface area (Å²) in [6, 6.07) is 18.1. The number of pyridine rings is 1. The largest absolute Gasteiger partial charge is 0.361 e. The molecule has 156 valence electrons. The molecule has 2 aromatic carbocycles. The molecule has 0 saturated heterocycles. The molecule has 0 aliphatic heterocycles. The van der Waals surface area contributed by atoms with Gasteiger partial charge in [-0.3, -0.25) is 4.79 Å². The highest BCUT2D eigenvalue weighted by Crippen LogP contribution is 2.41. The number of aromatic amines is 1. The van der Waals surface area contributed by atoms with Crippen molar-refractivity contribution in [2.45, 2.75) is 13.8 Å². The summed E-state index contributed by atoms with van der Waals surface area (Å²) in [7, 11) is 0. The van der Waals surface area contributed by atoms with E-state index in [2.05, 4.69) is 33.6 Å². The van der Waals surface area contributed by atoms with E-state index in [4.69, 9.17) is 0 Å². The third-order valence-electron chi connectivity index (χ3n) is 5.45. The van der Waals surface area contributed by atoms with Gasteiger partial charge in [0.1, 0.15) is 10.9 Å². The Morgan fingerprint density at radius 3 is 2.78 bits per heavy atom. The fourth-order valence-corrected chi connectivity index (χ4v) is 4.94. The van der Waals surface area contributed by atoms with Crippen molar-refractivity contribution in [3.8, 4) is 16.5 Å². The van der Waals surface area contributed by atoms with E-state index in [0.717, 1.165) is 54.2 Å². The fraction of sp³-hybridized carbons (Fsp3) is 0.0800. The molecule has 7 heteroatoms. The minimum Gasteiger partial charge on any atom is -0.361 e. The first-order valence-corrected chi connectivity index (χ1v) is 10.9. The molecule has 1 amide bonds. The van der Waals surface area contributed by atoms with E-state index < -0.39 is 0 Å². The maximum Gasteiger partial charge on any atom is 0.221 e. The second kappa shape index (κ2) is 7.84. The monoisotopic (exact) mass is 437 g/mol. The molecule has 0 atom stereocenters. The average molecular weight is 438 g/mol. The molecular formula is C25H19N5OS. The Labute approximate surface area is 188 Å². The van der Waals surface area contributed by atoms with Crippen molar-refractivity contribution in [3.63, 3.8) is 0 Å². The Hall–Kier alpha value is -4.15. The van der Waals surface area contributed by atoms with Gasteiger partial charge < -0.3 is 15.6 Å². The predicted molar refractivity (Wildman–Crippen MR) is 130 cm³/mol. The zero-order valence-corrected chi connectivity index (χ0v) is 18.3. The Bertz CT molecular complexity index is 1540. The topological polar surface area (TPSA) is 93.6 Å². The number of rotatable bonds is 4. The Morgan fingerprint density at radius 1 is 1.12 bits per heavy atom. The van der Waals surface area contributed by atoms with Gasteiger partial charge in [0.05, 0.1) is 11.3 Å². The number of nitriles is 1. The molecule has 3 aromatic heterocycles. The summed E-state index contributed by atoms with van der Waals surface area (Å²) in [5.74, 6) is -0.124. The van der Waals surface area contributed by atoms with Crippen LogP contribution in [0, 0.1) is 18.3 Å². The number of hydrogen-bond acceptors (Lipinski definition) is 5. The highest BCUT2D eigenvalue weighted by Gasteiger charge is 2.16. The van der Waals surface area contributed by atoms with Crippen LogP contribution in [-0.2, 0) is 4.79 Å². The first-order chi connectivity index (χ1) is 15.5. The Balaban J connectivity index is 1.65. The van der Waals surface area contributed by atoms with Gasteiger partial charge in [-0.15, -0.1) is 11.3 Å². The van der Waals surface area contributed by atoms with Crippen LogP contribution in [0.1, 0.15) is 18.1 Å². The van der Waals surface area contributed by atoms with E-state index in [1.54, 1.807) is 6.20 Å². The van der Waals surface area contributed by atoms with Crippen molar-refractivity contribution < 1.29 is 4.79 Å². The van der Waals surface area contributed by atoms with Crippen LogP contribution in [0.2, 0.25) is 0 Å². The number of aromatic nitrogens is 2. The van der Waals surface area contributed by atoms with Crippen LogP contribution in [0.5, 0.6) is 0 Å². The number of hydrogen-bond donors (Lipinski definition) is 3. The first kappa shape index (κ1) is 19.8. The first-order valence-electron chi connectivity index (χ1n) is 10.1. The van der Waals surface area contributed by atoms with Crippen molar-refractivity contribution in [2.24, 2.45) is 0 Å².